The van der Waals surface area contributed by atoms with E-state index >= 15 is 0 Å². The van der Waals surface area contributed by atoms with E-state index in [2.05, 4.69) is 27.6 Å². The number of anilines is 2. The number of hydrogen-bond acceptors (Lipinski definition) is 6. The number of hydrogen-bond donors (Lipinski definition) is 1. The van der Waals surface area contributed by atoms with Gasteiger partial charge < -0.3 is 10.2 Å². The normalized spacial score (nSPS) is 17.9. The van der Waals surface area contributed by atoms with Gasteiger partial charge in [0.05, 0.1) is 5.92 Å². The van der Waals surface area contributed by atoms with Crippen molar-refractivity contribution >= 4 is 46.3 Å². The number of carbonyl (C=O) groups is 2. The molecule has 2 aliphatic rings. The Kier molecular flexibility index (Phi) is 5.26. The molecule has 0 spiro atoms. The van der Waals surface area contributed by atoms with E-state index < -0.39 is 0 Å². The Labute approximate surface area is 182 Å². The first-order valence-corrected chi connectivity index (χ1v) is 11.6. The van der Waals surface area contributed by atoms with Gasteiger partial charge in [0.1, 0.15) is 5.51 Å². The number of nitrogens with zero attached hydrogens (tertiary/aromatic N) is 3. The molecule has 8 heteroatoms. The van der Waals surface area contributed by atoms with Gasteiger partial charge in [0.15, 0.2) is 4.34 Å². The third kappa shape index (κ3) is 3.97. The zero-order valence-corrected chi connectivity index (χ0v) is 17.8. The van der Waals surface area contributed by atoms with Crippen molar-refractivity contribution < 1.29 is 9.59 Å². The van der Waals surface area contributed by atoms with Gasteiger partial charge in [0, 0.05) is 29.2 Å². The minimum atomic E-state index is -0.346. The van der Waals surface area contributed by atoms with E-state index in [4.69, 9.17) is 0 Å². The lowest BCUT2D eigenvalue weighted by Gasteiger charge is -2.18. The molecule has 1 saturated heterocycles. The molecular formula is C22H20N4O2S2. The fraction of sp³-hybridized carbons (Fsp3) is 0.273. The first-order chi connectivity index (χ1) is 14.7. The van der Waals surface area contributed by atoms with Crippen LogP contribution in [0.4, 0.5) is 11.4 Å². The van der Waals surface area contributed by atoms with E-state index in [1.165, 1.54) is 40.6 Å². The smallest absolute Gasteiger partial charge is 0.229 e. The summed E-state index contributed by atoms with van der Waals surface area (Å²) >= 11 is 3.02. The van der Waals surface area contributed by atoms with Crippen LogP contribution in [0, 0.1) is 5.92 Å². The van der Waals surface area contributed by atoms with Gasteiger partial charge in [-0.3, -0.25) is 9.59 Å². The maximum Gasteiger partial charge on any atom is 0.229 e. The maximum atomic E-state index is 12.8. The molecule has 6 nitrogen and oxygen atoms in total. The van der Waals surface area contributed by atoms with Crippen molar-refractivity contribution in [1.29, 1.82) is 0 Å². The van der Waals surface area contributed by atoms with E-state index in [-0.39, 0.29) is 24.2 Å². The third-order valence-corrected chi connectivity index (χ3v) is 7.34. The van der Waals surface area contributed by atoms with Crippen LogP contribution in [0.2, 0.25) is 0 Å². The average Bonchev–Trinajstić information content (AvgIpc) is 3.49. The van der Waals surface area contributed by atoms with Gasteiger partial charge in [-0.1, -0.05) is 29.2 Å². The van der Waals surface area contributed by atoms with E-state index in [1.807, 2.05) is 30.3 Å². The molecule has 1 aliphatic heterocycles. The van der Waals surface area contributed by atoms with E-state index in [0.717, 1.165) is 33.5 Å². The van der Waals surface area contributed by atoms with Gasteiger partial charge in [0.2, 0.25) is 11.8 Å². The molecule has 2 amide bonds. The Morgan fingerprint density at radius 3 is 2.77 bits per heavy atom. The van der Waals surface area contributed by atoms with Crippen molar-refractivity contribution in [2.24, 2.45) is 5.92 Å². The zero-order chi connectivity index (χ0) is 20.5. The van der Waals surface area contributed by atoms with Crippen LogP contribution in [0.15, 0.2) is 57.2 Å². The molecule has 0 saturated carbocycles. The van der Waals surface area contributed by atoms with Gasteiger partial charge in [0.25, 0.3) is 0 Å². The van der Waals surface area contributed by atoms with Crippen molar-refractivity contribution in [3.05, 3.63) is 59.1 Å². The van der Waals surface area contributed by atoms with E-state index in [1.54, 1.807) is 10.4 Å². The number of benzene rings is 2. The van der Waals surface area contributed by atoms with Crippen molar-refractivity contribution in [3.8, 4) is 0 Å². The second kappa shape index (κ2) is 8.20. The summed E-state index contributed by atoms with van der Waals surface area (Å²) in [6.45, 7) is 0.425. The van der Waals surface area contributed by atoms with Gasteiger partial charge in [-0.25, -0.2) is 0 Å². The van der Waals surface area contributed by atoms with Crippen LogP contribution < -0.4 is 10.2 Å². The molecule has 1 aliphatic carbocycles. The molecule has 152 valence electrons. The average molecular weight is 437 g/mol. The summed E-state index contributed by atoms with van der Waals surface area (Å²) in [5.74, 6) is -0.449. The summed E-state index contributed by atoms with van der Waals surface area (Å²) in [7, 11) is 0. The Morgan fingerprint density at radius 1 is 1.13 bits per heavy atom. The van der Waals surface area contributed by atoms with Gasteiger partial charge in [-0.15, -0.1) is 10.2 Å². The Morgan fingerprint density at radius 2 is 1.97 bits per heavy atom. The third-order valence-electron chi connectivity index (χ3n) is 5.56. The molecule has 2 heterocycles. The molecular weight excluding hydrogens is 416 g/mol. The van der Waals surface area contributed by atoms with Crippen LogP contribution in [0.5, 0.6) is 0 Å². The second-order valence-electron chi connectivity index (χ2n) is 7.53. The predicted octanol–water partition coefficient (Wildman–Crippen LogP) is 4.17. The van der Waals surface area contributed by atoms with Crippen molar-refractivity contribution in [2.45, 2.75) is 34.9 Å². The molecule has 1 aromatic heterocycles. The lowest BCUT2D eigenvalue weighted by Crippen LogP contribution is -2.28. The molecule has 5 rings (SSSR count). The fourth-order valence-electron chi connectivity index (χ4n) is 4.02. The highest BCUT2D eigenvalue weighted by molar-refractivity contribution is 8.01. The molecule has 2 aromatic carbocycles. The minimum absolute atomic E-state index is 0.0110. The summed E-state index contributed by atoms with van der Waals surface area (Å²) in [5, 5.41) is 10.8. The van der Waals surface area contributed by atoms with Crippen LogP contribution in [0.25, 0.3) is 0 Å². The minimum Gasteiger partial charge on any atom is -0.326 e. The second-order valence-corrected chi connectivity index (χ2v) is 9.69. The summed E-state index contributed by atoms with van der Waals surface area (Å²) in [4.78, 5) is 28.1. The SMILES string of the molecule is O=C(Nc1ccc(Sc2nncs2)cc1)C1CC(=O)N(c2ccc3c(c2)CCC3)C1. The highest BCUT2D eigenvalue weighted by atomic mass is 32.2. The van der Waals surface area contributed by atoms with Crippen molar-refractivity contribution in [2.75, 3.05) is 16.8 Å². The number of aryl methyl sites for hydroxylation is 2. The molecule has 0 bridgehead atoms. The molecule has 1 fully saturated rings. The monoisotopic (exact) mass is 436 g/mol. The Hall–Kier alpha value is -2.71. The highest BCUT2D eigenvalue weighted by Crippen LogP contribution is 2.32. The van der Waals surface area contributed by atoms with Gasteiger partial charge in [-0.2, -0.15) is 0 Å². The predicted molar refractivity (Wildman–Crippen MR) is 118 cm³/mol. The lowest BCUT2D eigenvalue weighted by molar-refractivity contribution is -0.122. The number of fused-ring (bicyclic) bond motifs is 1. The number of nitrogens with one attached hydrogen (secondary N) is 1. The van der Waals surface area contributed by atoms with E-state index in [0.29, 0.717) is 6.54 Å². The van der Waals surface area contributed by atoms with Crippen LogP contribution in [-0.2, 0) is 22.4 Å². The summed E-state index contributed by atoms with van der Waals surface area (Å²) in [6, 6.07) is 13.9. The van der Waals surface area contributed by atoms with Crippen LogP contribution >= 0.6 is 23.1 Å². The lowest BCUT2D eigenvalue weighted by atomic mass is 10.1. The number of rotatable bonds is 5. The molecule has 30 heavy (non-hydrogen) atoms. The quantitative estimate of drug-likeness (QED) is 0.650. The molecule has 1 N–H and O–H groups in total. The molecule has 0 radical (unpaired) electrons. The van der Waals surface area contributed by atoms with E-state index in [9.17, 15) is 9.59 Å². The standard InChI is InChI=1S/C22H20N4O2S2/c27-20-11-16(12-26(20)18-7-4-14-2-1-3-15(14)10-18)21(28)24-17-5-8-19(9-6-17)30-22-25-23-13-29-22/h4-10,13,16H,1-3,11-12H2,(H,24,28). The first-order valence-electron chi connectivity index (χ1n) is 9.93. The van der Waals surface area contributed by atoms with Crippen LogP contribution in [0.3, 0.4) is 0 Å². The summed E-state index contributed by atoms with van der Waals surface area (Å²) in [6.07, 6.45) is 3.61. The molecule has 1 atom stereocenters. The van der Waals surface area contributed by atoms with Crippen LogP contribution in [0.1, 0.15) is 24.0 Å². The van der Waals surface area contributed by atoms with Gasteiger partial charge >= 0.3 is 0 Å². The number of carbonyl (C=O) groups excluding carboxylic acids is 2. The van der Waals surface area contributed by atoms with Crippen molar-refractivity contribution in [1.82, 2.24) is 10.2 Å². The fourth-order valence-corrected chi connectivity index (χ4v) is 5.47. The number of amides is 2. The summed E-state index contributed by atoms with van der Waals surface area (Å²) < 4.78 is 0.878. The molecule has 1 unspecified atom stereocenters. The zero-order valence-electron chi connectivity index (χ0n) is 16.2. The Bertz CT molecular complexity index is 1080. The molecule has 3 aromatic rings. The largest absolute Gasteiger partial charge is 0.326 e. The summed E-state index contributed by atoms with van der Waals surface area (Å²) in [5.41, 5.74) is 6.05. The first kappa shape index (κ1) is 19.3. The number of aromatic nitrogens is 2. The van der Waals surface area contributed by atoms with Crippen molar-refractivity contribution in [3.63, 3.8) is 0 Å². The van der Waals surface area contributed by atoms with Crippen LogP contribution in [-0.4, -0.2) is 28.6 Å². The topological polar surface area (TPSA) is 75.2 Å². The Balaban J connectivity index is 1.22. The van der Waals surface area contributed by atoms with Gasteiger partial charge in [-0.05, 0) is 66.8 Å². The highest BCUT2D eigenvalue weighted by Gasteiger charge is 2.35. The maximum absolute atomic E-state index is 12.8.